The van der Waals surface area contributed by atoms with Gasteiger partial charge in [0.05, 0.1) is 7.11 Å². The number of carbonyl (C=O) groups excluding carboxylic acids is 1. The Hall–Kier alpha value is -1.03. The first-order valence-corrected chi connectivity index (χ1v) is 3.96. The molecule has 4 heteroatoms. The SMILES string of the molecule is COC(=O)C=CN1CC[N]CC1. The molecule has 1 rings (SSSR count). The molecule has 0 unspecified atom stereocenters. The maximum absolute atomic E-state index is 10.7. The normalized spacial score (nSPS) is 18.2. The minimum absolute atomic E-state index is 0.308. The van der Waals surface area contributed by atoms with Crippen molar-refractivity contribution in [3.8, 4) is 0 Å². The molecule has 1 fully saturated rings. The summed E-state index contributed by atoms with van der Waals surface area (Å²) in [6, 6.07) is 0. The van der Waals surface area contributed by atoms with E-state index in [4.69, 9.17) is 0 Å². The maximum atomic E-state index is 10.7. The fraction of sp³-hybridized carbons (Fsp3) is 0.625. The molecule has 1 aliphatic heterocycles. The Morgan fingerprint density at radius 3 is 2.75 bits per heavy atom. The van der Waals surface area contributed by atoms with Gasteiger partial charge in [0, 0.05) is 38.5 Å². The summed E-state index contributed by atoms with van der Waals surface area (Å²) in [5.74, 6) is -0.308. The minimum Gasteiger partial charge on any atom is -0.466 e. The lowest BCUT2D eigenvalue weighted by Gasteiger charge is -2.24. The van der Waals surface area contributed by atoms with Crippen molar-refractivity contribution in [3.05, 3.63) is 12.3 Å². The van der Waals surface area contributed by atoms with Gasteiger partial charge in [0.15, 0.2) is 0 Å². The second-order valence-electron chi connectivity index (χ2n) is 2.55. The van der Waals surface area contributed by atoms with Gasteiger partial charge in [-0.1, -0.05) is 0 Å². The molecule has 1 heterocycles. The lowest BCUT2D eigenvalue weighted by atomic mass is 10.4. The van der Waals surface area contributed by atoms with Gasteiger partial charge in [-0.2, -0.15) is 0 Å². The van der Waals surface area contributed by atoms with Crippen molar-refractivity contribution in [3.63, 3.8) is 0 Å². The van der Waals surface area contributed by atoms with Crippen LogP contribution in [-0.2, 0) is 9.53 Å². The first kappa shape index (κ1) is 9.06. The molecular weight excluding hydrogens is 156 g/mol. The molecule has 0 aromatic carbocycles. The zero-order chi connectivity index (χ0) is 8.81. The van der Waals surface area contributed by atoms with E-state index in [1.807, 2.05) is 0 Å². The predicted octanol–water partition coefficient (Wildman–Crippen LogP) is -0.407. The van der Waals surface area contributed by atoms with Crippen molar-refractivity contribution >= 4 is 5.97 Å². The van der Waals surface area contributed by atoms with Crippen LogP contribution in [-0.4, -0.2) is 44.2 Å². The summed E-state index contributed by atoms with van der Waals surface area (Å²) in [6.07, 6.45) is 3.20. The molecule has 0 aromatic rings. The largest absolute Gasteiger partial charge is 0.466 e. The maximum Gasteiger partial charge on any atom is 0.331 e. The van der Waals surface area contributed by atoms with Crippen LogP contribution in [0.3, 0.4) is 0 Å². The summed E-state index contributed by atoms with van der Waals surface area (Å²) >= 11 is 0. The third kappa shape index (κ3) is 2.92. The van der Waals surface area contributed by atoms with E-state index >= 15 is 0 Å². The predicted molar refractivity (Wildman–Crippen MR) is 44.6 cm³/mol. The Kier molecular flexibility index (Phi) is 3.60. The van der Waals surface area contributed by atoms with Gasteiger partial charge in [0.25, 0.3) is 0 Å². The number of hydrogen-bond donors (Lipinski definition) is 0. The molecule has 1 radical (unpaired) electrons. The van der Waals surface area contributed by atoms with Crippen molar-refractivity contribution < 1.29 is 9.53 Å². The van der Waals surface area contributed by atoms with E-state index in [2.05, 4.69) is 15.0 Å². The fourth-order valence-electron chi connectivity index (χ4n) is 1.01. The van der Waals surface area contributed by atoms with Crippen LogP contribution in [0.4, 0.5) is 0 Å². The van der Waals surface area contributed by atoms with Crippen LogP contribution in [0.25, 0.3) is 0 Å². The van der Waals surface area contributed by atoms with E-state index in [9.17, 15) is 4.79 Å². The van der Waals surface area contributed by atoms with Gasteiger partial charge in [0.2, 0.25) is 0 Å². The van der Waals surface area contributed by atoms with Gasteiger partial charge < -0.3 is 9.64 Å². The second kappa shape index (κ2) is 4.77. The summed E-state index contributed by atoms with van der Waals surface area (Å²) in [7, 11) is 1.37. The first-order valence-electron chi connectivity index (χ1n) is 3.96. The minimum atomic E-state index is -0.308. The molecule has 67 valence electrons. The van der Waals surface area contributed by atoms with Crippen LogP contribution in [0.1, 0.15) is 0 Å². The quantitative estimate of drug-likeness (QED) is 0.417. The molecule has 0 aliphatic carbocycles. The van der Waals surface area contributed by atoms with Gasteiger partial charge in [-0.25, -0.2) is 10.1 Å². The van der Waals surface area contributed by atoms with Gasteiger partial charge in [-0.15, -0.1) is 0 Å². The van der Waals surface area contributed by atoms with Crippen LogP contribution in [0, 0.1) is 0 Å². The standard InChI is InChI=1S/C8H13N2O2/c1-12-8(11)2-5-10-6-3-9-4-7-10/h2,5H,3-4,6-7H2,1H3. The van der Waals surface area contributed by atoms with Gasteiger partial charge in [0.1, 0.15) is 0 Å². The highest BCUT2D eigenvalue weighted by molar-refractivity contribution is 5.81. The first-order chi connectivity index (χ1) is 5.83. The number of methoxy groups -OCH3 is 1. The third-order valence-corrected chi connectivity index (χ3v) is 1.71. The molecule has 0 bridgehead atoms. The fourth-order valence-corrected chi connectivity index (χ4v) is 1.01. The van der Waals surface area contributed by atoms with Crippen LogP contribution >= 0.6 is 0 Å². The Bertz CT molecular complexity index is 174. The molecule has 0 spiro atoms. The van der Waals surface area contributed by atoms with E-state index < -0.39 is 0 Å². The smallest absolute Gasteiger partial charge is 0.331 e. The molecule has 0 amide bonds. The van der Waals surface area contributed by atoms with Crippen LogP contribution in [0.15, 0.2) is 12.3 Å². The second-order valence-corrected chi connectivity index (χ2v) is 2.55. The van der Waals surface area contributed by atoms with Crippen molar-refractivity contribution in [2.24, 2.45) is 0 Å². The summed E-state index contributed by atoms with van der Waals surface area (Å²) < 4.78 is 4.47. The Labute approximate surface area is 72.2 Å². The highest BCUT2D eigenvalue weighted by Gasteiger charge is 2.05. The average molecular weight is 169 g/mol. The Balaban J connectivity index is 2.28. The van der Waals surface area contributed by atoms with E-state index in [0.717, 1.165) is 26.2 Å². The van der Waals surface area contributed by atoms with E-state index in [-0.39, 0.29) is 5.97 Å². The number of rotatable bonds is 2. The average Bonchev–Trinajstić information content (AvgIpc) is 2.16. The number of carbonyl (C=O) groups is 1. The Morgan fingerprint density at radius 2 is 2.17 bits per heavy atom. The summed E-state index contributed by atoms with van der Waals surface area (Å²) in [5.41, 5.74) is 0. The third-order valence-electron chi connectivity index (χ3n) is 1.71. The molecule has 4 nitrogen and oxygen atoms in total. The molecule has 0 aromatic heterocycles. The Morgan fingerprint density at radius 1 is 1.50 bits per heavy atom. The lowest BCUT2D eigenvalue weighted by Crippen LogP contribution is -2.36. The molecule has 12 heavy (non-hydrogen) atoms. The zero-order valence-electron chi connectivity index (χ0n) is 7.19. The summed E-state index contributed by atoms with van der Waals surface area (Å²) in [6.45, 7) is 3.50. The number of piperazine rings is 1. The van der Waals surface area contributed by atoms with Gasteiger partial charge in [-0.05, 0) is 0 Å². The van der Waals surface area contributed by atoms with E-state index in [1.165, 1.54) is 13.2 Å². The number of ether oxygens (including phenoxy) is 1. The van der Waals surface area contributed by atoms with E-state index in [0.29, 0.717) is 0 Å². The molecule has 0 saturated carbocycles. The molecule has 1 saturated heterocycles. The van der Waals surface area contributed by atoms with Crippen LogP contribution < -0.4 is 5.32 Å². The zero-order valence-corrected chi connectivity index (χ0v) is 7.19. The van der Waals surface area contributed by atoms with Crippen molar-refractivity contribution in [2.75, 3.05) is 33.3 Å². The van der Waals surface area contributed by atoms with E-state index in [1.54, 1.807) is 6.20 Å². The monoisotopic (exact) mass is 169 g/mol. The summed E-state index contributed by atoms with van der Waals surface area (Å²) in [5, 5.41) is 4.18. The van der Waals surface area contributed by atoms with Crippen molar-refractivity contribution in [2.45, 2.75) is 0 Å². The number of hydrogen-bond acceptors (Lipinski definition) is 3. The van der Waals surface area contributed by atoms with Crippen molar-refractivity contribution in [1.29, 1.82) is 0 Å². The number of esters is 1. The molecular formula is C8H13N2O2. The number of nitrogens with zero attached hydrogens (tertiary/aromatic N) is 2. The van der Waals surface area contributed by atoms with Crippen LogP contribution in [0.2, 0.25) is 0 Å². The highest BCUT2D eigenvalue weighted by atomic mass is 16.5. The van der Waals surface area contributed by atoms with Crippen LogP contribution in [0.5, 0.6) is 0 Å². The molecule has 1 aliphatic rings. The molecule has 0 N–H and O–H groups in total. The molecule has 0 atom stereocenters. The van der Waals surface area contributed by atoms with Gasteiger partial charge in [-0.3, -0.25) is 0 Å². The summed E-state index contributed by atoms with van der Waals surface area (Å²) in [4.78, 5) is 12.8. The topological polar surface area (TPSA) is 43.6 Å². The lowest BCUT2D eigenvalue weighted by molar-refractivity contribution is -0.134. The van der Waals surface area contributed by atoms with Gasteiger partial charge >= 0.3 is 5.97 Å². The van der Waals surface area contributed by atoms with Crippen molar-refractivity contribution in [1.82, 2.24) is 10.2 Å². The highest BCUT2D eigenvalue weighted by Crippen LogP contribution is 1.94.